The van der Waals surface area contributed by atoms with Crippen molar-refractivity contribution in [1.29, 1.82) is 0 Å². The number of rotatable bonds is 18. The van der Waals surface area contributed by atoms with Crippen molar-refractivity contribution >= 4 is 35.5 Å². The Bertz CT molecular complexity index is 984. The molecule has 12 N–H and O–H groups in total. The summed E-state index contributed by atoms with van der Waals surface area (Å²) in [6.07, 6.45) is -6.58. The maximum Gasteiger partial charge on any atom is 0.326 e. The van der Waals surface area contributed by atoms with E-state index >= 15 is 0 Å². The van der Waals surface area contributed by atoms with Crippen molar-refractivity contribution in [3.63, 3.8) is 0 Å². The highest BCUT2D eigenvalue weighted by atomic mass is 16.6. The van der Waals surface area contributed by atoms with E-state index in [0.29, 0.717) is 19.4 Å². The number of ether oxygens (including phenoxy) is 2. The van der Waals surface area contributed by atoms with Crippen LogP contribution in [0.4, 0.5) is 0 Å². The first-order valence-electron chi connectivity index (χ1n) is 13.8. The second kappa shape index (κ2) is 18.3. The van der Waals surface area contributed by atoms with Gasteiger partial charge in [0.1, 0.15) is 48.6 Å². The molecule has 0 aromatic rings. The number of aliphatic carboxylic acids is 1. The topological polar surface area (TPSA) is 302 Å². The number of carbonyl (C=O) groups excluding carboxylic acids is 5. The minimum Gasteiger partial charge on any atom is -0.480 e. The van der Waals surface area contributed by atoms with Crippen molar-refractivity contribution in [3.8, 4) is 0 Å². The third-order valence-electron chi connectivity index (χ3n) is 6.63. The van der Waals surface area contributed by atoms with Crippen molar-refractivity contribution in [2.24, 2.45) is 11.5 Å². The van der Waals surface area contributed by atoms with Gasteiger partial charge in [-0.2, -0.15) is 0 Å². The lowest BCUT2D eigenvalue weighted by atomic mass is 9.96. The Hall–Kier alpha value is -3.42. The fourth-order valence-electron chi connectivity index (χ4n) is 4.20. The summed E-state index contributed by atoms with van der Waals surface area (Å²) >= 11 is 0. The number of nitrogens with one attached hydrogen (secondary N) is 4. The molecule has 1 aliphatic rings. The molecule has 0 aliphatic carbocycles. The molecule has 9 atom stereocenters. The fraction of sp³-hybridized carbons (Fsp3) is 0.760. The van der Waals surface area contributed by atoms with Crippen LogP contribution in [-0.4, -0.2) is 124 Å². The molecule has 18 nitrogen and oxygen atoms in total. The van der Waals surface area contributed by atoms with E-state index in [1.54, 1.807) is 0 Å². The van der Waals surface area contributed by atoms with E-state index < -0.39 is 97.0 Å². The van der Waals surface area contributed by atoms with Crippen LogP contribution in [-0.2, 0) is 38.2 Å². The summed E-state index contributed by atoms with van der Waals surface area (Å²) in [6.45, 7) is 3.39. The number of carboxylic acid groups (broad SMARTS) is 1. The van der Waals surface area contributed by atoms with Crippen molar-refractivity contribution < 1.29 is 58.7 Å². The zero-order valence-corrected chi connectivity index (χ0v) is 24.4. The van der Waals surface area contributed by atoms with Gasteiger partial charge in [-0.25, -0.2) is 4.79 Å². The summed E-state index contributed by atoms with van der Waals surface area (Å²) in [5.74, 6) is -5.15. The Morgan fingerprint density at radius 1 is 0.953 bits per heavy atom. The number of aliphatic hydroxyl groups excluding tert-OH is 3. The minimum absolute atomic E-state index is 0.164. The summed E-state index contributed by atoms with van der Waals surface area (Å²) in [5, 5.41) is 48.8. The molecule has 5 amide bonds. The lowest BCUT2D eigenvalue weighted by molar-refractivity contribution is -0.266. The number of carboxylic acids is 1. The average Bonchev–Trinajstić information content (AvgIpc) is 2.93. The minimum atomic E-state index is -1.67. The number of carbonyl (C=O) groups is 6. The monoisotopic (exact) mass is 620 g/mol. The number of aliphatic hydroxyl groups is 3. The van der Waals surface area contributed by atoms with E-state index in [1.165, 1.54) is 13.8 Å². The normalized spacial score (nSPS) is 24.5. The van der Waals surface area contributed by atoms with Crippen molar-refractivity contribution in [2.75, 3.05) is 13.2 Å². The van der Waals surface area contributed by atoms with Crippen LogP contribution in [0.25, 0.3) is 0 Å². The number of amides is 5. The van der Waals surface area contributed by atoms with Crippen molar-refractivity contribution in [2.45, 2.75) is 108 Å². The Labute approximate surface area is 248 Å². The highest BCUT2D eigenvalue weighted by Gasteiger charge is 2.47. The molecule has 246 valence electrons. The van der Waals surface area contributed by atoms with Crippen LogP contribution in [0.2, 0.25) is 0 Å². The summed E-state index contributed by atoms with van der Waals surface area (Å²) in [6, 6.07) is -5.00. The largest absolute Gasteiger partial charge is 0.480 e. The lowest BCUT2D eigenvalue weighted by Gasteiger charge is -2.43. The van der Waals surface area contributed by atoms with Crippen LogP contribution in [0.1, 0.15) is 52.9 Å². The third kappa shape index (κ3) is 12.4. The lowest BCUT2D eigenvalue weighted by Crippen LogP contribution is -2.65. The first kappa shape index (κ1) is 37.6. The quantitative estimate of drug-likeness (QED) is 0.0645. The van der Waals surface area contributed by atoms with E-state index in [1.807, 2.05) is 0 Å². The molecule has 1 heterocycles. The zero-order chi connectivity index (χ0) is 32.9. The maximum atomic E-state index is 12.8. The Morgan fingerprint density at radius 3 is 2.14 bits per heavy atom. The van der Waals surface area contributed by atoms with Crippen molar-refractivity contribution in [1.82, 2.24) is 21.3 Å². The standard InChI is InChI=1S/C25H44N6O12/c1-11(22(37)31-14(21(27)36)7-8-17(34)30-15(24(39)40)6-4-5-9-26)28-23(38)12(2)42-20-18(29-13(3)33)25(41)43-16(10-32)19(20)35/h11-12,14-16,18-20,25,32,35,41H,4-10,26H2,1-3H3,(H2,27,36)(H,28,38)(H,29,33)(H,30,34)(H,31,37)(H,39,40)/t11-,12+,14+,15-,16?,18?,19?,20?,25?/m0/s1. The average molecular weight is 621 g/mol. The van der Waals surface area contributed by atoms with Gasteiger partial charge in [0.25, 0.3) is 0 Å². The zero-order valence-electron chi connectivity index (χ0n) is 24.4. The number of hydrogen-bond donors (Lipinski definition) is 10. The number of unbranched alkanes of at least 4 members (excludes halogenated alkanes) is 1. The second-order valence-corrected chi connectivity index (χ2v) is 10.2. The third-order valence-corrected chi connectivity index (χ3v) is 6.63. The van der Waals surface area contributed by atoms with E-state index in [2.05, 4.69) is 21.3 Å². The van der Waals surface area contributed by atoms with Gasteiger partial charge in [-0.15, -0.1) is 0 Å². The van der Waals surface area contributed by atoms with Gasteiger partial charge in [0.05, 0.1) is 6.61 Å². The number of nitrogens with two attached hydrogens (primary N) is 2. The summed E-state index contributed by atoms with van der Waals surface area (Å²) in [5.41, 5.74) is 10.7. The maximum absolute atomic E-state index is 12.8. The highest BCUT2D eigenvalue weighted by Crippen LogP contribution is 2.23. The number of primary amides is 1. The smallest absolute Gasteiger partial charge is 0.326 e. The van der Waals surface area contributed by atoms with E-state index in [0.717, 1.165) is 6.92 Å². The number of hydrogen-bond acceptors (Lipinski definition) is 12. The Morgan fingerprint density at radius 2 is 1.60 bits per heavy atom. The van der Waals surface area contributed by atoms with Crippen LogP contribution in [0.3, 0.4) is 0 Å². The van der Waals surface area contributed by atoms with Gasteiger partial charge >= 0.3 is 5.97 Å². The first-order chi connectivity index (χ1) is 20.1. The van der Waals surface area contributed by atoms with Crippen LogP contribution in [0, 0.1) is 0 Å². The van der Waals surface area contributed by atoms with Gasteiger partial charge in [0, 0.05) is 13.3 Å². The van der Waals surface area contributed by atoms with Crippen LogP contribution in [0.15, 0.2) is 0 Å². The molecule has 0 bridgehead atoms. The van der Waals surface area contributed by atoms with Gasteiger partial charge in [-0.05, 0) is 46.1 Å². The van der Waals surface area contributed by atoms with Gasteiger partial charge in [-0.1, -0.05) is 0 Å². The molecule has 1 fully saturated rings. The van der Waals surface area contributed by atoms with Crippen LogP contribution >= 0.6 is 0 Å². The first-order valence-corrected chi connectivity index (χ1v) is 13.8. The molecule has 0 aromatic carbocycles. The molecule has 43 heavy (non-hydrogen) atoms. The fourth-order valence-corrected chi connectivity index (χ4v) is 4.20. The summed E-state index contributed by atoms with van der Waals surface area (Å²) in [4.78, 5) is 72.6. The summed E-state index contributed by atoms with van der Waals surface area (Å²) in [7, 11) is 0. The molecule has 1 aliphatic heterocycles. The SMILES string of the molecule is CC(=O)NC1C(O)OC(CO)C(O)C1O[C@H](C)C(=O)N[C@@H](C)C(=O)N[C@H](CCC(=O)N[C@@H](CCCCN)C(=O)O)C(N)=O. The molecule has 0 radical (unpaired) electrons. The van der Waals surface area contributed by atoms with Gasteiger partial charge in [0.2, 0.25) is 29.5 Å². The predicted molar refractivity (Wildman–Crippen MR) is 146 cm³/mol. The second-order valence-electron chi connectivity index (χ2n) is 10.2. The van der Waals surface area contributed by atoms with E-state index in [4.69, 9.17) is 20.9 Å². The van der Waals surface area contributed by atoms with Crippen LogP contribution < -0.4 is 32.7 Å². The molecule has 0 aromatic heterocycles. The predicted octanol–water partition coefficient (Wildman–Crippen LogP) is -4.71. The van der Waals surface area contributed by atoms with E-state index in [-0.39, 0.29) is 19.3 Å². The summed E-state index contributed by atoms with van der Waals surface area (Å²) < 4.78 is 10.7. The van der Waals surface area contributed by atoms with Crippen molar-refractivity contribution in [3.05, 3.63) is 0 Å². The van der Waals surface area contributed by atoms with Gasteiger partial charge in [0.15, 0.2) is 6.29 Å². The molecule has 1 saturated heterocycles. The molecule has 0 saturated carbocycles. The molecule has 1 rings (SSSR count). The molecular formula is C25H44N6O12. The Kier molecular flexibility index (Phi) is 16.0. The molecular weight excluding hydrogens is 576 g/mol. The molecule has 18 heteroatoms. The molecule has 5 unspecified atom stereocenters. The van der Waals surface area contributed by atoms with E-state index in [9.17, 15) is 49.2 Å². The van der Waals surface area contributed by atoms with Crippen LogP contribution in [0.5, 0.6) is 0 Å². The Balaban J connectivity index is 2.74. The van der Waals surface area contributed by atoms with Gasteiger partial charge < -0.3 is 62.6 Å². The highest BCUT2D eigenvalue weighted by molar-refractivity contribution is 5.92. The molecule has 0 spiro atoms. The van der Waals surface area contributed by atoms with Gasteiger partial charge in [-0.3, -0.25) is 24.0 Å².